The number of imidazole rings is 1. The summed E-state index contributed by atoms with van der Waals surface area (Å²) in [5.41, 5.74) is 1.29. The Morgan fingerprint density at radius 2 is 2.19 bits per heavy atom. The maximum atomic E-state index is 10.6. The van der Waals surface area contributed by atoms with Crippen molar-refractivity contribution in [2.75, 3.05) is 6.54 Å². The predicted octanol–water partition coefficient (Wildman–Crippen LogP) is 0.620. The lowest BCUT2D eigenvalue weighted by Gasteiger charge is -2.14. The smallest absolute Gasteiger partial charge is 0.475 e. The summed E-state index contributed by atoms with van der Waals surface area (Å²) in [6, 6.07) is 0. The third-order valence-electron chi connectivity index (χ3n) is 1.88. The van der Waals surface area contributed by atoms with E-state index in [9.17, 15) is 13.2 Å². The van der Waals surface area contributed by atoms with Gasteiger partial charge in [0.05, 0.1) is 12.0 Å². The molecule has 0 saturated heterocycles. The maximum absolute atomic E-state index is 10.6. The number of alkyl halides is 3. The minimum absolute atomic E-state index is 0.972. The molecule has 0 saturated carbocycles. The molecular weight excluding hydrogens is 227 g/mol. The largest absolute Gasteiger partial charge is 0.490 e. The van der Waals surface area contributed by atoms with E-state index < -0.39 is 12.1 Å². The van der Waals surface area contributed by atoms with Gasteiger partial charge in [-0.3, -0.25) is 0 Å². The monoisotopic (exact) mass is 237 g/mol. The lowest BCUT2D eigenvalue weighted by molar-refractivity contribution is -0.192. The zero-order valence-electron chi connectivity index (χ0n) is 8.16. The Labute approximate surface area is 88.9 Å². The maximum Gasteiger partial charge on any atom is 0.490 e. The molecule has 8 heteroatoms. The van der Waals surface area contributed by atoms with Gasteiger partial charge < -0.3 is 15.0 Å². The average Bonchev–Trinajstić information content (AvgIpc) is 2.64. The molecule has 1 aromatic heterocycles. The van der Waals surface area contributed by atoms with Crippen LogP contribution < -0.4 is 5.32 Å². The number of nitrogens with one attached hydrogen (secondary N) is 1. The van der Waals surface area contributed by atoms with Crippen molar-refractivity contribution in [2.24, 2.45) is 0 Å². The highest BCUT2D eigenvalue weighted by atomic mass is 19.4. The summed E-state index contributed by atoms with van der Waals surface area (Å²) >= 11 is 0. The van der Waals surface area contributed by atoms with Gasteiger partial charge in [-0.1, -0.05) is 0 Å². The van der Waals surface area contributed by atoms with Crippen LogP contribution in [-0.4, -0.2) is 33.3 Å². The molecular formula is C8H10F3N3O2. The summed E-state index contributed by atoms with van der Waals surface area (Å²) in [5, 5.41) is 10.4. The molecule has 0 bridgehead atoms. The van der Waals surface area contributed by atoms with E-state index in [0.717, 1.165) is 19.6 Å². The zero-order chi connectivity index (χ0) is 12.2. The third-order valence-corrected chi connectivity index (χ3v) is 1.88. The molecule has 0 aliphatic carbocycles. The van der Waals surface area contributed by atoms with E-state index in [-0.39, 0.29) is 0 Å². The van der Waals surface area contributed by atoms with Gasteiger partial charge in [0, 0.05) is 25.8 Å². The van der Waals surface area contributed by atoms with Crippen molar-refractivity contribution in [3.8, 4) is 0 Å². The quantitative estimate of drug-likeness (QED) is 0.694. The number of fused-ring (bicyclic) bond motifs is 1. The number of aromatic nitrogens is 2. The fraction of sp³-hybridized carbons (Fsp3) is 0.500. The van der Waals surface area contributed by atoms with Crippen LogP contribution in [0.3, 0.4) is 0 Å². The molecule has 1 aromatic rings. The average molecular weight is 237 g/mol. The normalized spacial score (nSPS) is 14.7. The predicted molar refractivity (Wildman–Crippen MR) is 47.6 cm³/mol. The van der Waals surface area contributed by atoms with Crippen LogP contribution in [0.1, 0.15) is 5.69 Å². The molecule has 2 N–H and O–H groups in total. The number of rotatable bonds is 0. The molecule has 90 valence electrons. The van der Waals surface area contributed by atoms with Crippen LogP contribution >= 0.6 is 0 Å². The minimum atomic E-state index is -5.08. The molecule has 16 heavy (non-hydrogen) atoms. The fourth-order valence-electron chi connectivity index (χ4n) is 1.11. The van der Waals surface area contributed by atoms with Crippen molar-refractivity contribution >= 4 is 5.97 Å². The van der Waals surface area contributed by atoms with E-state index >= 15 is 0 Å². The molecule has 0 spiro atoms. The number of carbonyl (C=O) groups is 1. The number of halogens is 3. The highest BCUT2D eigenvalue weighted by Gasteiger charge is 2.38. The van der Waals surface area contributed by atoms with Crippen molar-refractivity contribution in [1.29, 1.82) is 0 Å². The van der Waals surface area contributed by atoms with Gasteiger partial charge in [-0.25, -0.2) is 9.78 Å². The minimum Gasteiger partial charge on any atom is -0.475 e. The van der Waals surface area contributed by atoms with Gasteiger partial charge >= 0.3 is 12.1 Å². The Balaban J connectivity index is 0.000000168. The summed E-state index contributed by atoms with van der Waals surface area (Å²) in [5.74, 6) is -2.76. The van der Waals surface area contributed by atoms with Crippen molar-refractivity contribution < 1.29 is 23.1 Å². The third kappa shape index (κ3) is 3.54. The topological polar surface area (TPSA) is 67.1 Å². The van der Waals surface area contributed by atoms with E-state index in [0.29, 0.717) is 0 Å². The van der Waals surface area contributed by atoms with Gasteiger partial charge in [0.2, 0.25) is 0 Å². The lowest BCUT2D eigenvalue weighted by atomic mass is 10.4. The van der Waals surface area contributed by atoms with Gasteiger partial charge in [0.25, 0.3) is 0 Å². The molecule has 0 unspecified atom stereocenters. The van der Waals surface area contributed by atoms with Crippen LogP contribution in [0.25, 0.3) is 0 Å². The second kappa shape index (κ2) is 4.97. The van der Waals surface area contributed by atoms with E-state index in [1.807, 2.05) is 12.5 Å². The van der Waals surface area contributed by atoms with Crippen LogP contribution in [0, 0.1) is 0 Å². The van der Waals surface area contributed by atoms with Crippen molar-refractivity contribution in [3.05, 3.63) is 18.2 Å². The van der Waals surface area contributed by atoms with Gasteiger partial charge in [-0.05, 0) is 0 Å². The standard InChI is InChI=1S/C6H9N3.C2HF3O2/c1-2-9-5-8-4-6(9)3-7-1;3-2(4,5)1(6)7/h4-5,7H,1-3H2;(H,6,7). The first kappa shape index (κ1) is 12.5. The van der Waals surface area contributed by atoms with Crippen LogP contribution in [0.15, 0.2) is 12.5 Å². The van der Waals surface area contributed by atoms with Crippen LogP contribution in [0.5, 0.6) is 0 Å². The first-order chi connectivity index (χ1) is 7.41. The molecule has 5 nitrogen and oxygen atoms in total. The summed E-state index contributed by atoms with van der Waals surface area (Å²) in [6.07, 6.45) is -1.29. The Kier molecular flexibility index (Phi) is 3.88. The Bertz CT molecular complexity index is 341. The van der Waals surface area contributed by atoms with Gasteiger partial charge in [-0.2, -0.15) is 13.2 Å². The molecule has 1 aliphatic rings. The lowest BCUT2D eigenvalue weighted by Crippen LogP contribution is -2.27. The number of hydrogen-bond acceptors (Lipinski definition) is 3. The van der Waals surface area contributed by atoms with Gasteiger partial charge in [-0.15, -0.1) is 0 Å². The molecule has 1 aliphatic heterocycles. The van der Waals surface area contributed by atoms with Crippen molar-refractivity contribution in [2.45, 2.75) is 19.3 Å². The van der Waals surface area contributed by atoms with Gasteiger partial charge in [0.15, 0.2) is 0 Å². The fourth-order valence-corrected chi connectivity index (χ4v) is 1.11. The molecule has 2 rings (SSSR count). The van der Waals surface area contributed by atoms with E-state index in [2.05, 4.69) is 14.9 Å². The zero-order valence-corrected chi connectivity index (χ0v) is 8.16. The van der Waals surface area contributed by atoms with Crippen molar-refractivity contribution in [1.82, 2.24) is 14.9 Å². The molecule has 0 fully saturated rings. The molecule has 0 amide bonds. The van der Waals surface area contributed by atoms with E-state index in [1.54, 1.807) is 0 Å². The van der Waals surface area contributed by atoms with E-state index in [4.69, 9.17) is 9.90 Å². The summed E-state index contributed by atoms with van der Waals surface area (Å²) in [4.78, 5) is 12.9. The second-order valence-electron chi connectivity index (χ2n) is 3.06. The molecule has 0 aromatic carbocycles. The van der Waals surface area contributed by atoms with E-state index in [1.165, 1.54) is 5.69 Å². The Morgan fingerprint density at radius 3 is 2.69 bits per heavy atom. The van der Waals surface area contributed by atoms with Crippen LogP contribution in [0.2, 0.25) is 0 Å². The number of carboxylic acid groups (broad SMARTS) is 1. The summed E-state index contributed by atoms with van der Waals surface area (Å²) < 4.78 is 33.9. The first-order valence-corrected chi connectivity index (χ1v) is 4.41. The summed E-state index contributed by atoms with van der Waals surface area (Å²) in [6.45, 7) is 3.11. The number of hydrogen-bond donors (Lipinski definition) is 2. The summed E-state index contributed by atoms with van der Waals surface area (Å²) in [7, 11) is 0. The Morgan fingerprint density at radius 1 is 1.56 bits per heavy atom. The van der Waals surface area contributed by atoms with Crippen LogP contribution in [-0.2, 0) is 17.9 Å². The van der Waals surface area contributed by atoms with Crippen LogP contribution in [0.4, 0.5) is 13.2 Å². The first-order valence-electron chi connectivity index (χ1n) is 4.41. The molecule has 0 atom stereocenters. The highest BCUT2D eigenvalue weighted by Crippen LogP contribution is 2.13. The molecule has 0 radical (unpaired) electrons. The number of nitrogens with zero attached hydrogens (tertiary/aromatic N) is 2. The highest BCUT2D eigenvalue weighted by molar-refractivity contribution is 5.73. The van der Waals surface area contributed by atoms with Gasteiger partial charge in [0.1, 0.15) is 0 Å². The Hall–Kier alpha value is -1.57. The number of carboxylic acids is 1. The molecule has 2 heterocycles. The SMILES string of the molecule is O=C(O)C(F)(F)F.c1ncn2c1CNCC2. The second-order valence-corrected chi connectivity index (χ2v) is 3.06. The number of aliphatic carboxylic acids is 1. The van der Waals surface area contributed by atoms with Crippen molar-refractivity contribution in [3.63, 3.8) is 0 Å².